The molecule has 154 valence electrons. The molecule has 2 N–H and O–H groups in total. The molecule has 1 aliphatic carbocycles. The standard InChI is InChI=1S/C24H39IO2/c1-4-23(2,3)15-9-5-7-11-19-13-14-20(22(27)21(19)26)12-8-6-10-16-24(25)17-18-24/h13-14,26-27H,4-12,15-18H2,1-3H3. The average Bonchev–Trinajstić information content (AvgIpc) is 3.37. The van der Waals surface area contributed by atoms with E-state index < -0.39 is 0 Å². The van der Waals surface area contributed by atoms with Gasteiger partial charge in [-0.1, -0.05) is 87.6 Å². The Hall–Kier alpha value is -0.450. The van der Waals surface area contributed by atoms with E-state index >= 15 is 0 Å². The first-order chi connectivity index (χ1) is 12.8. The molecule has 0 atom stereocenters. The fraction of sp³-hybridized carbons (Fsp3) is 0.750. The zero-order valence-corrected chi connectivity index (χ0v) is 19.8. The Bertz CT molecular complexity index is 590. The van der Waals surface area contributed by atoms with Crippen LogP contribution in [-0.2, 0) is 12.8 Å². The maximum atomic E-state index is 10.4. The van der Waals surface area contributed by atoms with Gasteiger partial charge in [-0.05, 0) is 67.9 Å². The predicted octanol–water partition coefficient (Wildman–Crippen LogP) is 7.71. The number of benzene rings is 1. The highest BCUT2D eigenvalue weighted by atomic mass is 127. The number of alkyl halides is 1. The largest absolute Gasteiger partial charge is 0.504 e. The lowest BCUT2D eigenvalue weighted by Gasteiger charge is -2.22. The molecule has 0 aromatic heterocycles. The van der Waals surface area contributed by atoms with Crippen LogP contribution >= 0.6 is 22.6 Å². The Morgan fingerprint density at radius 2 is 1.41 bits per heavy atom. The maximum Gasteiger partial charge on any atom is 0.160 e. The number of rotatable bonds is 13. The summed E-state index contributed by atoms with van der Waals surface area (Å²) in [6.45, 7) is 6.93. The topological polar surface area (TPSA) is 40.5 Å². The number of aryl methyl sites for hydroxylation is 2. The Morgan fingerprint density at radius 1 is 0.889 bits per heavy atom. The Kier molecular flexibility index (Phi) is 8.76. The lowest BCUT2D eigenvalue weighted by Crippen LogP contribution is -2.08. The van der Waals surface area contributed by atoms with Crippen molar-refractivity contribution in [2.45, 2.75) is 108 Å². The van der Waals surface area contributed by atoms with Gasteiger partial charge in [0.15, 0.2) is 11.5 Å². The number of phenols is 2. The van der Waals surface area contributed by atoms with Gasteiger partial charge in [0.25, 0.3) is 0 Å². The van der Waals surface area contributed by atoms with Gasteiger partial charge in [0.2, 0.25) is 0 Å². The maximum absolute atomic E-state index is 10.4. The molecule has 1 fully saturated rings. The fourth-order valence-corrected chi connectivity index (χ4v) is 4.31. The number of halogens is 1. The van der Waals surface area contributed by atoms with E-state index in [-0.39, 0.29) is 11.5 Å². The smallest absolute Gasteiger partial charge is 0.160 e. The van der Waals surface area contributed by atoms with Crippen LogP contribution in [0.1, 0.15) is 103 Å². The SMILES string of the molecule is CCC(C)(C)CCCCCc1ccc(CCCCCC2(I)CC2)c(O)c1O. The average molecular weight is 486 g/mol. The highest BCUT2D eigenvalue weighted by Gasteiger charge is 2.38. The molecule has 0 aliphatic heterocycles. The minimum absolute atomic E-state index is 0.116. The normalized spacial score (nSPS) is 15.9. The molecule has 27 heavy (non-hydrogen) atoms. The van der Waals surface area contributed by atoms with Crippen LogP contribution in [0.3, 0.4) is 0 Å². The first-order valence-electron chi connectivity index (χ1n) is 11.0. The van der Waals surface area contributed by atoms with E-state index in [1.807, 2.05) is 12.1 Å². The Balaban J connectivity index is 1.70. The van der Waals surface area contributed by atoms with Gasteiger partial charge in [-0.15, -0.1) is 0 Å². The molecule has 1 saturated carbocycles. The highest BCUT2D eigenvalue weighted by Crippen LogP contribution is 2.49. The van der Waals surface area contributed by atoms with Crippen LogP contribution in [-0.4, -0.2) is 13.6 Å². The first-order valence-corrected chi connectivity index (χ1v) is 12.1. The van der Waals surface area contributed by atoms with Crippen LogP contribution in [0.25, 0.3) is 0 Å². The van der Waals surface area contributed by atoms with Crippen molar-refractivity contribution in [1.82, 2.24) is 0 Å². The highest BCUT2D eigenvalue weighted by molar-refractivity contribution is 14.1. The molecular weight excluding hydrogens is 447 g/mol. The van der Waals surface area contributed by atoms with Gasteiger partial charge < -0.3 is 10.2 Å². The van der Waals surface area contributed by atoms with E-state index in [1.54, 1.807) is 0 Å². The Morgan fingerprint density at radius 3 is 1.89 bits per heavy atom. The van der Waals surface area contributed by atoms with Crippen molar-refractivity contribution in [3.05, 3.63) is 23.3 Å². The summed E-state index contributed by atoms with van der Waals surface area (Å²) in [5.41, 5.74) is 2.24. The zero-order valence-electron chi connectivity index (χ0n) is 17.6. The van der Waals surface area contributed by atoms with Crippen LogP contribution in [0.5, 0.6) is 11.5 Å². The third-order valence-corrected chi connectivity index (χ3v) is 8.06. The predicted molar refractivity (Wildman–Crippen MR) is 124 cm³/mol. The lowest BCUT2D eigenvalue weighted by atomic mass is 9.84. The minimum atomic E-state index is 0.116. The van der Waals surface area contributed by atoms with Crippen molar-refractivity contribution in [3.8, 4) is 11.5 Å². The summed E-state index contributed by atoms with van der Waals surface area (Å²) in [4.78, 5) is 0. The second-order valence-electron chi connectivity index (χ2n) is 9.37. The van der Waals surface area contributed by atoms with Gasteiger partial charge in [0.05, 0.1) is 0 Å². The molecule has 0 radical (unpaired) electrons. The zero-order chi connectivity index (χ0) is 19.9. The monoisotopic (exact) mass is 486 g/mol. The summed E-state index contributed by atoms with van der Waals surface area (Å²) in [6, 6.07) is 4.04. The molecule has 2 nitrogen and oxygen atoms in total. The third-order valence-electron chi connectivity index (χ3n) is 6.44. The van der Waals surface area contributed by atoms with Gasteiger partial charge in [-0.3, -0.25) is 0 Å². The van der Waals surface area contributed by atoms with Crippen LogP contribution < -0.4 is 0 Å². The van der Waals surface area contributed by atoms with Gasteiger partial charge >= 0.3 is 0 Å². The van der Waals surface area contributed by atoms with Crippen LogP contribution in [0, 0.1) is 5.41 Å². The number of phenolic OH excluding ortho intramolecular Hbond substituents is 2. The van der Waals surface area contributed by atoms with Gasteiger partial charge in [0.1, 0.15) is 0 Å². The van der Waals surface area contributed by atoms with Crippen molar-refractivity contribution in [2.75, 3.05) is 0 Å². The minimum Gasteiger partial charge on any atom is -0.504 e. The molecule has 0 unspecified atom stereocenters. The molecule has 0 amide bonds. The molecule has 0 saturated heterocycles. The fourth-order valence-electron chi connectivity index (χ4n) is 3.66. The molecule has 0 bridgehead atoms. The molecule has 3 heteroatoms. The van der Waals surface area contributed by atoms with Gasteiger partial charge in [-0.25, -0.2) is 0 Å². The van der Waals surface area contributed by atoms with Crippen molar-refractivity contribution >= 4 is 22.6 Å². The number of hydrogen-bond donors (Lipinski definition) is 2. The summed E-state index contributed by atoms with van der Waals surface area (Å²) in [5, 5.41) is 20.7. The van der Waals surface area contributed by atoms with E-state index in [4.69, 9.17) is 0 Å². The van der Waals surface area contributed by atoms with Gasteiger partial charge in [0, 0.05) is 3.42 Å². The van der Waals surface area contributed by atoms with Gasteiger partial charge in [-0.2, -0.15) is 0 Å². The van der Waals surface area contributed by atoms with E-state index in [0.717, 1.165) is 36.8 Å². The van der Waals surface area contributed by atoms with Crippen molar-refractivity contribution < 1.29 is 10.2 Å². The van der Waals surface area contributed by atoms with E-state index in [0.29, 0.717) is 8.84 Å². The summed E-state index contributed by atoms with van der Waals surface area (Å²) in [6.07, 6.45) is 15.4. The van der Waals surface area contributed by atoms with Crippen LogP contribution in [0.2, 0.25) is 0 Å². The second kappa shape index (κ2) is 10.4. The molecule has 2 rings (SSSR count). The molecular formula is C24H39IO2. The summed E-state index contributed by atoms with van der Waals surface area (Å²) >= 11 is 2.61. The molecule has 1 aromatic rings. The number of hydrogen-bond acceptors (Lipinski definition) is 2. The summed E-state index contributed by atoms with van der Waals surface area (Å²) in [7, 11) is 0. The van der Waals surface area contributed by atoms with Crippen molar-refractivity contribution in [1.29, 1.82) is 0 Å². The molecule has 0 spiro atoms. The van der Waals surface area contributed by atoms with E-state index in [1.165, 1.54) is 57.8 Å². The summed E-state index contributed by atoms with van der Waals surface area (Å²) in [5.74, 6) is 0.234. The van der Waals surface area contributed by atoms with E-state index in [2.05, 4.69) is 43.4 Å². The quantitative estimate of drug-likeness (QED) is 0.130. The lowest BCUT2D eigenvalue weighted by molar-refractivity contribution is 0.308. The van der Waals surface area contributed by atoms with Crippen LogP contribution in [0.15, 0.2) is 12.1 Å². The Labute approximate surface area is 180 Å². The number of unbranched alkanes of at least 4 members (excludes halogenated alkanes) is 4. The van der Waals surface area contributed by atoms with Crippen molar-refractivity contribution in [2.24, 2.45) is 5.41 Å². The summed E-state index contributed by atoms with van der Waals surface area (Å²) < 4.78 is 0.617. The molecule has 1 aromatic carbocycles. The van der Waals surface area contributed by atoms with E-state index in [9.17, 15) is 10.2 Å². The molecule has 1 aliphatic rings. The second-order valence-corrected chi connectivity index (χ2v) is 11.7. The molecule has 0 heterocycles. The van der Waals surface area contributed by atoms with Crippen LogP contribution in [0.4, 0.5) is 0 Å². The number of aromatic hydroxyl groups is 2. The first kappa shape index (κ1) is 22.8. The third kappa shape index (κ3) is 7.83. The van der Waals surface area contributed by atoms with Crippen molar-refractivity contribution in [3.63, 3.8) is 0 Å².